The summed E-state index contributed by atoms with van der Waals surface area (Å²) in [6.45, 7) is 13.1. The highest BCUT2D eigenvalue weighted by Crippen LogP contribution is 2.18. The van der Waals surface area contributed by atoms with E-state index in [9.17, 15) is 0 Å². The second kappa shape index (κ2) is 11.7. The first-order chi connectivity index (χ1) is 12.2. The van der Waals surface area contributed by atoms with Crippen molar-refractivity contribution < 1.29 is 4.74 Å². The Morgan fingerprint density at radius 1 is 1.28 bits per heavy atom. The molecule has 2 rings (SSSR count). The number of aliphatic imine (C=N–C) groups is 1. The monoisotopic (exact) mass is 352 g/mol. The number of hydrogen-bond donors (Lipinski definition) is 1. The number of piperidine rings is 1. The topological polar surface area (TPSA) is 40.1 Å². The molecule has 0 spiro atoms. The molecule has 2 aliphatic rings. The molecule has 0 saturated carbocycles. The van der Waals surface area contributed by atoms with E-state index in [1.807, 2.05) is 0 Å². The minimum absolute atomic E-state index is 0.820. The molecule has 5 heteroatoms. The smallest absolute Gasteiger partial charge is 0.193 e. The summed E-state index contributed by atoms with van der Waals surface area (Å²) in [7, 11) is 2.17. The number of nitrogens with zero attached hydrogens (tertiary/aromatic N) is 3. The standard InChI is InChI=1S/C20H40N4O/c1-4-21-20(23(3)14-8-19-9-15-25-16-10-19)22-11-6-13-24-12-5-7-18(2)17-24/h18-19H,4-17H2,1-3H3,(H,21,22). The Morgan fingerprint density at radius 2 is 2.08 bits per heavy atom. The van der Waals surface area contributed by atoms with Crippen LogP contribution in [0.3, 0.4) is 0 Å². The maximum atomic E-state index is 5.46. The lowest BCUT2D eigenvalue weighted by atomic mass is 9.96. The highest BCUT2D eigenvalue weighted by atomic mass is 16.5. The summed E-state index contributed by atoms with van der Waals surface area (Å²) in [6.07, 6.45) is 7.61. The van der Waals surface area contributed by atoms with Gasteiger partial charge in [-0.3, -0.25) is 4.99 Å². The molecule has 2 saturated heterocycles. The minimum Gasteiger partial charge on any atom is -0.381 e. The third kappa shape index (κ3) is 7.95. The first-order valence-corrected chi connectivity index (χ1v) is 10.5. The fourth-order valence-corrected chi connectivity index (χ4v) is 3.96. The molecule has 0 bridgehead atoms. The van der Waals surface area contributed by atoms with Gasteiger partial charge in [-0.15, -0.1) is 0 Å². The first kappa shape index (κ1) is 20.5. The van der Waals surface area contributed by atoms with Gasteiger partial charge in [-0.2, -0.15) is 0 Å². The predicted octanol–water partition coefficient (Wildman–Crippen LogP) is 2.82. The molecular formula is C20H40N4O. The minimum atomic E-state index is 0.820. The van der Waals surface area contributed by atoms with Crippen LogP contribution < -0.4 is 5.32 Å². The van der Waals surface area contributed by atoms with Crippen LogP contribution in [0.25, 0.3) is 0 Å². The highest BCUT2D eigenvalue weighted by Gasteiger charge is 2.16. The number of guanidine groups is 1. The van der Waals surface area contributed by atoms with Crippen LogP contribution in [0.15, 0.2) is 4.99 Å². The average molecular weight is 353 g/mol. The first-order valence-electron chi connectivity index (χ1n) is 10.5. The van der Waals surface area contributed by atoms with Gasteiger partial charge in [-0.05, 0) is 70.4 Å². The summed E-state index contributed by atoms with van der Waals surface area (Å²) in [4.78, 5) is 9.78. The molecule has 1 N–H and O–H groups in total. The largest absolute Gasteiger partial charge is 0.381 e. The van der Waals surface area contributed by atoms with Crippen LogP contribution in [0.5, 0.6) is 0 Å². The summed E-state index contributed by atoms with van der Waals surface area (Å²) >= 11 is 0. The Labute approximate surface area is 155 Å². The molecule has 5 nitrogen and oxygen atoms in total. The summed E-state index contributed by atoms with van der Waals surface area (Å²) in [6, 6.07) is 0. The lowest BCUT2D eigenvalue weighted by Crippen LogP contribution is -2.40. The van der Waals surface area contributed by atoms with Crippen LogP contribution in [0, 0.1) is 11.8 Å². The zero-order valence-electron chi connectivity index (χ0n) is 16.8. The van der Waals surface area contributed by atoms with Crippen LogP contribution in [-0.4, -0.2) is 75.3 Å². The number of rotatable bonds is 8. The predicted molar refractivity (Wildman–Crippen MR) is 106 cm³/mol. The van der Waals surface area contributed by atoms with Crippen molar-refractivity contribution in [3.05, 3.63) is 0 Å². The number of hydrogen-bond acceptors (Lipinski definition) is 3. The fourth-order valence-electron chi connectivity index (χ4n) is 3.96. The Bertz CT molecular complexity index is 382. The Hall–Kier alpha value is -0.810. The average Bonchev–Trinajstić information content (AvgIpc) is 2.63. The van der Waals surface area contributed by atoms with E-state index in [0.717, 1.165) is 57.1 Å². The number of nitrogens with one attached hydrogen (secondary N) is 1. The van der Waals surface area contributed by atoms with Gasteiger partial charge >= 0.3 is 0 Å². The Kier molecular flexibility index (Phi) is 9.63. The highest BCUT2D eigenvalue weighted by molar-refractivity contribution is 5.79. The molecule has 0 aliphatic carbocycles. The summed E-state index contributed by atoms with van der Waals surface area (Å²) in [5.41, 5.74) is 0. The van der Waals surface area contributed by atoms with Gasteiger partial charge in [0.2, 0.25) is 0 Å². The number of ether oxygens (including phenoxy) is 1. The molecule has 2 fully saturated rings. The van der Waals surface area contributed by atoms with Crippen molar-refractivity contribution >= 4 is 5.96 Å². The van der Waals surface area contributed by atoms with Gasteiger partial charge in [0.05, 0.1) is 0 Å². The Balaban J connectivity index is 1.68. The SMILES string of the molecule is CCNC(=NCCCN1CCCC(C)C1)N(C)CCC1CCOCC1. The van der Waals surface area contributed by atoms with Gasteiger partial charge in [0.25, 0.3) is 0 Å². The van der Waals surface area contributed by atoms with Gasteiger partial charge in [-0.25, -0.2) is 0 Å². The van der Waals surface area contributed by atoms with E-state index in [2.05, 4.69) is 36.0 Å². The van der Waals surface area contributed by atoms with Crippen LogP contribution in [0.1, 0.15) is 52.4 Å². The summed E-state index contributed by atoms with van der Waals surface area (Å²) in [5, 5.41) is 3.45. The molecule has 0 aromatic carbocycles. The molecule has 25 heavy (non-hydrogen) atoms. The van der Waals surface area contributed by atoms with Crippen molar-refractivity contribution in [3.63, 3.8) is 0 Å². The number of likely N-dealkylation sites (tertiary alicyclic amines) is 1. The molecule has 146 valence electrons. The second-order valence-corrected chi connectivity index (χ2v) is 7.90. The van der Waals surface area contributed by atoms with E-state index in [-0.39, 0.29) is 0 Å². The van der Waals surface area contributed by atoms with Gasteiger partial charge in [0.1, 0.15) is 0 Å². The zero-order chi connectivity index (χ0) is 17.9. The van der Waals surface area contributed by atoms with Crippen molar-refractivity contribution in [2.45, 2.75) is 52.4 Å². The quantitative estimate of drug-likeness (QED) is 0.414. The fraction of sp³-hybridized carbons (Fsp3) is 0.950. The second-order valence-electron chi connectivity index (χ2n) is 7.90. The molecule has 0 aromatic rings. The maximum Gasteiger partial charge on any atom is 0.193 e. The maximum absolute atomic E-state index is 5.46. The van der Waals surface area contributed by atoms with Gasteiger partial charge in [0, 0.05) is 46.4 Å². The van der Waals surface area contributed by atoms with Crippen molar-refractivity contribution in [2.24, 2.45) is 16.8 Å². The van der Waals surface area contributed by atoms with Crippen LogP contribution in [0.2, 0.25) is 0 Å². The van der Waals surface area contributed by atoms with E-state index < -0.39 is 0 Å². The molecule has 0 amide bonds. The van der Waals surface area contributed by atoms with E-state index in [4.69, 9.17) is 9.73 Å². The van der Waals surface area contributed by atoms with E-state index in [0.29, 0.717) is 0 Å². The third-order valence-electron chi connectivity index (χ3n) is 5.55. The van der Waals surface area contributed by atoms with Gasteiger partial charge < -0.3 is 19.9 Å². The van der Waals surface area contributed by atoms with Crippen molar-refractivity contribution in [1.82, 2.24) is 15.1 Å². The van der Waals surface area contributed by atoms with Gasteiger partial charge in [-0.1, -0.05) is 6.92 Å². The molecule has 2 heterocycles. The Morgan fingerprint density at radius 3 is 2.80 bits per heavy atom. The van der Waals surface area contributed by atoms with Crippen LogP contribution in [-0.2, 0) is 4.74 Å². The third-order valence-corrected chi connectivity index (χ3v) is 5.55. The lowest BCUT2D eigenvalue weighted by Gasteiger charge is -2.30. The molecule has 1 atom stereocenters. The lowest BCUT2D eigenvalue weighted by molar-refractivity contribution is 0.0625. The van der Waals surface area contributed by atoms with E-state index in [1.165, 1.54) is 51.7 Å². The van der Waals surface area contributed by atoms with Crippen molar-refractivity contribution in [3.8, 4) is 0 Å². The van der Waals surface area contributed by atoms with Gasteiger partial charge in [0.15, 0.2) is 5.96 Å². The van der Waals surface area contributed by atoms with Crippen molar-refractivity contribution in [1.29, 1.82) is 0 Å². The summed E-state index contributed by atoms with van der Waals surface area (Å²) < 4.78 is 5.46. The molecule has 2 aliphatic heterocycles. The molecule has 0 aromatic heterocycles. The molecule has 0 radical (unpaired) electrons. The summed E-state index contributed by atoms with van der Waals surface area (Å²) in [5.74, 6) is 2.76. The molecular weight excluding hydrogens is 312 g/mol. The van der Waals surface area contributed by atoms with Crippen LogP contribution in [0.4, 0.5) is 0 Å². The van der Waals surface area contributed by atoms with E-state index in [1.54, 1.807) is 0 Å². The van der Waals surface area contributed by atoms with Crippen LogP contribution >= 0.6 is 0 Å². The normalized spacial score (nSPS) is 23.6. The molecule has 1 unspecified atom stereocenters. The zero-order valence-corrected chi connectivity index (χ0v) is 16.8. The van der Waals surface area contributed by atoms with E-state index >= 15 is 0 Å². The van der Waals surface area contributed by atoms with Crippen molar-refractivity contribution in [2.75, 3.05) is 59.5 Å².